The van der Waals surface area contributed by atoms with Gasteiger partial charge >= 0.3 is 0 Å². The third-order valence-electron chi connectivity index (χ3n) is 2.97. The Kier molecular flexibility index (Phi) is 4.27. The maximum Gasteiger partial charge on any atom is 0.128 e. The van der Waals surface area contributed by atoms with Crippen molar-refractivity contribution in [3.63, 3.8) is 0 Å². The molecule has 5 N–H and O–H groups in total. The van der Waals surface area contributed by atoms with Crippen molar-refractivity contribution in [2.75, 3.05) is 5.73 Å². The van der Waals surface area contributed by atoms with E-state index >= 15 is 0 Å². The van der Waals surface area contributed by atoms with Gasteiger partial charge in [-0.3, -0.25) is 5.84 Å². The van der Waals surface area contributed by atoms with Crippen LogP contribution in [0.2, 0.25) is 10.0 Å². The molecule has 0 saturated carbocycles. The van der Waals surface area contributed by atoms with E-state index in [-0.39, 0.29) is 6.04 Å². The van der Waals surface area contributed by atoms with Gasteiger partial charge in [0.2, 0.25) is 0 Å². The van der Waals surface area contributed by atoms with Crippen molar-refractivity contribution in [1.29, 1.82) is 0 Å². The van der Waals surface area contributed by atoms with Gasteiger partial charge in [0.15, 0.2) is 0 Å². The number of rotatable bonds is 3. The second-order valence-electron chi connectivity index (χ2n) is 4.20. The molecule has 4 nitrogen and oxygen atoms in total. The molecular weight excluding hydrogens is 283 g/mol. The van der Waals surface area contributed by atoms with Crippen LogP contribution in [0.15, 0.2) is 30.5 Å². The number of halogens is 2. The first-order valence-electron chi connectivity index (χ1n) is 5.66. The van der Waals surface area contributed by atoms with Gasteiger partial charge in [-0.2, -0.15) is 0 Å². The Hall–Kier alpha value is -1.33. The van der Waals surface area contributed by atoms with Crippen LogP contribution in [-0.2, 0) is 0 Å². The summed E-state index contributed by atoms with van der Waals surface area (Å²) in [6, 6.07) is 6.94. The molecule has 0 saturated heterocycles. The van der Waals surface area contributed by atoms with E-state index in [1.165, 1.54) is 0 Å². The van der Waals surface area contributed by atoms with Crippen molar-refractivity contribution in [2.45, 2.75) is 13.0 Å². The predicted octanol–water partition coefficient (Wildman–Crippen LogP) is 2.83. The number of nitrogens with one attached hydrogen (secondary N) is 1. The van der Waals surface area contributed by atoms with E-state index in [2.05, 4.69) is 10.4 Å². The van der Waals surface area contributed by atoms with E-state index in [1.807, 2.05) is 19.1 Å². The Labute approximate surface area is 121 Å². The summed E-state index contributed by atoms with van der Waals surface area (Å²) in [5, 5.41) is 0.969. The topological polar surface area (TPSA) is 77.0 Å². The quantitative estimate of drug-likeness (QED) is 0.601. The first-order valence-corrected chi connectivity index (χ1v) is 6.42. The molecule has 1 unspecified atom stereocenters. The molecule has 0 aliphatic rings. The van der Waals surface area contributed by atoms with Crippen molar-refractivity contribution in [2.24, 2.45) is 5.84 Å². The zero-order chi connectivity index (χ0) is 14.0. The maximum absolute atomic E-state index is 6.03. The molecule has 0 spiro atoms. The summed E-state index contributed by atoms with van der Waals surface area (Å²) in [4.78, 5) is 4.10. The Bertz CT molecular complexity index is 581. The van der Waals surface area contributed by atoms with Gasteiger partial charge in [-0.15, -0.1) is 0 Å². The smallest absolute Gasteiger partial charge is 0.128 e. The molecule has 2 rings (SSSR count). The number of hydrogen-bond acceptors (Lipinski definition) is 4. The molecule has 0 amide bonds. The second-order valence-corrected chi connectivity index (χ2v) is 5.01. The predicted molar refractivity (Wildman–Crippen MR) is 79.0 cm³/mol. The van der Waals surface area contributed by atoms with Gasteiger partial charge in [-0.05, 0) is 36.2 Å². The number of nitrogens with two attached hydrogens (primary N) is 2. The Morgan fingerprint density at radius 2 is 1.95 bits per heavy atom. The van der Waals surface area contributed by atoms with Crippen LogP contribution in [-0.4, -0.2) is 4.98 Å². The zero-order valence-electron chi connectivity index (χ0n) is 10.3. The average Bonchev–Trinajstić information content (AvgIpc) is 2.37. The highest BCUT2D eigenvalue weighted by Crippen LogP contribution is 2.31. The highest BCUT2D eigenvalue weighted by Gasteiger charge is 2.19. The number of hydrogen-bond donors (Lipinski definition) is 3. The fraction of sp³-hybridized carbons (Fsp3) is 0.154. The molecule has 2 aromatic rings. The number of hydrazine groups is 1. The molecular formula is C13H14Cl2N4. The number of nitrogens with zero attached hydrogens (tertiary/aromatic N) is 1. The highest BCUT2D eigenvalue weighted by atomic mass is 35.5. The monoisotopic (exact) mass is 296 g/mol. The lowest BCUT2D eigenvalue weighted by Gasteiger charge is -2.20. The largest absolute Gasteiger partial charge is 0.383 e. The summed E-state index contributed by atoms with van der Waals surface area (Å²) in [5.74, 6) is 6.09. The number of aryl methyl sites for hydroxylation is 1. The molecule has 1 atom stereocenters. The van der Waals surface area contributed by atoms with Gasteiger partial charge < -0.3 is 5.73 Å². The molecule has 0 radical (unpaired) electrons. The van der Waals surface area contributed by atoms with Crippen LogP contribution >= 0.6 is 23.2 Å². The molecule has 1 heterocycles. The van der Waals surface area contributed by atoms with E-state index in [1.54, 1.807) is 18.3 Å². The molecule has 0 bridgehead atoms. The normalized spacial score (nSPS) is 12.4. The van der Waals surface area contributed by atoms with E-state index < -0.39 is 0 Å². The SMILES string of the molecule is Cc1ccnc(N)c1C(NN)c1ccc(Cl)c(Cl)c1. The van der Waals surface area contributed by atoms with E-state index in [0.29, 0.717) is 15.9 Å². The molecule has 0 aliphatic carbocycles. The number of nitrogen functional groups attached to an aromatic ring is 1. The first-order chi connectivity index (χ1) is 9.04. The van der Waals surface area contributed by atoms with Crippen molar-refractivity contribution >= 4 is 29.0 Å². The van der Waals surface area contributed by atoms with Crippen LogP contribution in [0.5, 0.6) is 0 Å². The van der Waals surface area contributed by atoms with E-state index in [0.717, 1.165) is 16.7 Å². The Balaban J connectivity index is 2.53. The van der Waals surface area contributed by atoms with Crippen LogP contribution in [0.1, 0.15) is 22.7 Å². The minimum absolute atomic E-state index is 0.288. The third-order valence-corrected chi connectivity index (χ3v) is 3.71. The highest BCUT2D eigenvalue weighted by molar-refractivity contribution is 6.42. The third kappa shape index (κ3) is 2.82. The van der Waals surface area contributed by atoms with E-state index in [9.17, 15) is 0 Å². The van der Waals surface area contributed by atoms with Gasteiger partial charge in [-0.1, -0.05) is 29.3 Å². The lowest BCUT2D eigenvalue weighted by atomic mass is 9.96. The van der Waals surface area contributed by atoms with Crippen LogP contribution in [0, 0.1) is 6.92 Å². The van der Waals surface area contributed by atoms with Gasteiger partial charge in [0.25, 0.3) is 0 Å². The Morgan fingerprint density at radius 3 is 2.53 bits per heavy atom. The van der Waals surface area contributed by atoms with Crippen molar-refractivity contribution in [1.82, 2.24) is 10.4 Å². The molecule has 19 heavy (non-hydrogen) atoms. The minimum atomic E-state index is -0.288. The maximum atomic E-state index is 6.03. The van der Waals surface area contributed by atoms with Crippen molar-refractivity contribution in [3.8, 4) is 0 Å². The van der Waals surface area contributed by atoms with E-state index in [4.69, 9.17) is 34.8 Å². The summed E-state index contributed by atoms with van der Waals surface area (Å²) in [7, 11) is 0. The molecule has 6 heteroatoms. The van der Waals surface area contributed by atoms with Gasteiger partial charge in [-0.25, -0.2) is 10.4 Å². The fourth-order valence-electron chi connectivity index (χ4n) is 2.00. The molecule has 1 aromatic heterocycles. The fourth-order valence-corrected chi connectivity index (χ4v) is 2.31. The molecule has 1 aromatic carbocycles. The van der Waals surface area contributed by atoms with Crippen LogP contribution in [0.3, 0.4) is 0 Å². The lowest BCUT2D eigenvalue weighted by Crippen LogP contribution is -2.30. The Morgan fingerprint density at radius 1 is 1.21 bits per heavy atom. The van der Waals surface area contributed by atoms with Crippen LogP contribution < -0.4 is 17.0 Å². The summed E-state index contributed by atoms with van der Waals surface area (Å²) in [6.07, 6.45) is 1.66. The van der Waals surface area contributed by atoms with Gasteiger partial charge in [0, 0.05) is 11.8 Å². The number of benzene rings is 1. The van der Waals surface area contributed by atoms with Crippen molar-refractivity contribution in [3.05, 3.63) is 57.2 Å². The number of aromatic nitrogens is 1. The molecule has 0 aliphatic heterocycles. The summed E-state index contributed by atoms with van der Waals surface area (Å²) >= 11 is 12.0. The molecule has 0 fully saturated rings. The van der Waals surface area contributed by atoms with Gasteiger partial charge in [0.1, 0.15) is 5.82 Å². The molecule has 100 valence electrons. The first kappa shape index (κ1) is 14.1. The lowest BCUT2D eigenvalue weighted by molar-refractivity contribution is 0.633. The standard InChI is InChI=1S/C13H14Cl2N4/c1-7-4-5-18-13(16)11(7)12(19-17)8-2-3-9(14)10(15)6-8/h2-6,12,19H,17H2,1H3,(H2,16,18). The zero-order valence-corrected chi connectivity index (χ0v) is 11.8. The van der Waals surface area contributed by atoms with Crippen LogP contribution in [0.25, 0.3) is 0 Å². The number of anilines is 1. The summed E-state index contributed by atoms with van der Waals surface area (Å²) < 4.78 is 0. The second kappa shape index (κ2) is 5.75. The average molecular weight is 297 g/mol. The minimum Gasteiger partial charge on any atom is -0.383 e. The summed E-state index contributed by atoms with van der Waals surface area (Å²) in [6.45, 7) is 1.95. The summed E-state index contributed by atoms with van der Waals surface area (Å²) in [5.41, 5.74) is 11.4. The van der Waals surface area contributed by atoms with Gasteiger partial charge in [0.05, 0.1) is 16.1 Å². The number of pyridine rings is 1. The van der Waals surface area contributed by atoms with Crippen LogP contribution in [0.4, 0.5) is 5.82 Å². The van der Waals surface area contributed by atoms with Crippen molar-refractivity contribution < 1.29 is 0 Å².